The first-order chi connectivity index (χ1) is 17.7. The van der Waals surface area contributed by atoms with E-state index in [1.165, 1.54) is 0 Å². The van der Waals surface area contributed by atoms with Gasteiger partial charge in [0.25, 0.3) is 0 Å². The number of ether oxygens (including phenoxy) is 4. The van der Waals surface area contributed by atoms with E-state index in [1.54, 1.807) is 4.68 Å². The molecular weight excluding hydrogens is 464 g/mol. The molecule has 182 valence electrons. The van der Waals surface area contributed by atoms with Crippen LogP contribution in [0.4, 0.5) is 10.5 Å². The lowest BCUT2D eigenvalue weighted by Gasteiger charge is -2.19. The highest BCUT2D eigenvalue weighted by molar-refractivity contribution is 6.01. The summed E-state index contributed by atoms with van der Waals surface area (Å²) in [5.41, 5.74) is 1.54. The molecule has 11 nitrogen and oxygen atoms in total. The minimum absolute atomic E-state index is 0.195. The highest BCUT2D eigenvalue weighted by Crippen LogP contribution is 2.38. The van der Waals surface area contributed by atoms with E-state index in [1.807, 2.05) is 60.7 Å². The lowest BCUT2D eigenvalue weighted by molar-refractivity contribution is 0.0624. The number of hydrogen-bond donors (Lipinski definition) is 2. The molecule has 1 aromatic heterocycles. The van der Waals surface area contributed by atoms with E-state index in [4.69, 9.17) is 18.9 Å². The molecule has 2 fully saturated rings. The van der Waals surface area contributed by atoms with E-state index in [0.29, 0.717) is 30.5 Å². The number of tetrazole rings is 1. The van der Waals surface area contributed by atoms with Crippen LogP contribution in [0, 0.1) is 0 Å². The Morgan fingerprint density at radius 3 is 2.78 bits per heavy atom. The van der Waals surface area contributed by atoms with Crippen molar-refractivity contribution < 1.29 is 23.7 Å². The number of hydrogen-bond acceptors (Lipinski definition) is 8. The van der Waals surface area contributed by atoms with Gasteiger partial charge in [-0.2, -0.15) is 0 Å². The molecule has 0 aliphatic carbocycles. The molecule has 3 aromatic carbocycles. The molecule has 0 radical (unpaired) electrons. The summed E-state index contributed by atoms with van der Waals surface area (Å²) in [6.07, 6.45) is -0.619. The van der Waals surface area contributed by atoms with Crippen LogP contribution >= 0.6 is 0 Å². The Balaban J connectivity index is 1.06. The second-order valence-electron chi connectivity index (χ2n) is 8.91. The molecule has 36 heavy (non-hydrogen) atoms. The fraction of sp³-hybridized carbons (Fsp3) is 0.280. The maximum absolute atomic E-state index is 12.9. The van der Waals surface area contributed by atoms with Crippen molar-refractivity contribution in [1.82, 2.24) is 25.5 Å². The Kier molecular flexibility index (Phi) is 4.96. The van der Waals surface area contributed by atoms with Crippen LogP contribution in [0.3, 0.4) is 0 Å². The number of urea groups is 1. The Morgan fingerprint density at radius 1 is 0.944 bits per heavy atom. The largest absolute Gasteiger partial charge is 0.454 e. The van der Waals surface area contributed by atoms with Crippen LogP contribution in [-0.2, 0) is 9.47 Å². The summed E-state index contributed by atoms with van der Waals surface area (Å²) in [7, 11) is 0. The smallest absolute Gasteiger partial charge is 0.319 e. The molecule has 3 aliphatic heterocycles. The standard InChI is InChI=1S/C25H22N6O5/c32-25(26-17-7-3-5-14-4-1-2-6-16(14)17)27-18-11-33-23-19(12-34-22(18)23)31-24(28-29-30-31)15-8-9-20-21(10-15)36-13-35-20/h1-10,18-19,22-23H,11-13H2,(H2,26,27,32)/t18-,19+,22-,23+/m1/s1. The van der Waals surface area contributed by atoms with Crippen molar-refractivity contribution in [1.29, 1.82) is 0 Å². The average molecular weight is 486 g/mol. The zero-order valence-corrected chi connectivity index (χ0v) is 19.0. The fourth-order valence-corrected chi connectivity index (χ4v) is 5.12. The number of benzene rings is 3. The Bertz CT molecular complexity index is 1450. The summed E-state index contributed by atoms with van der Waals surface area (Å²) in [6, 6.07) is 18.5. The third-order valence-electron chi connectivity index (χ3n) is 6.82. The fourth-order valence-electron chi connectivity index (χ4n) is 5.12. The maximum Gasteiger partial charge on any atom is 0.319 e. The maximum atomic E-state index is 12.9. The van der Waals surface area contributed by atoms with Gasteiger partial charge in [-0.3, -0.25) is 0 Å². The van der Waals surface area contributed by atoms with Crippen molar-refractivity contribution in [2.45, 2.75) is 24.3 Å². The second-order valence-corrected chi connectivity index (χ2v) is 8.91. The van der Waals surface area contributed by atoms with Gasteiger partial charge in [0.2, 0.25) is 6.79 Å². The number of carbonyl (C=O) groups excluding carboxylic acids is 1. The normalized spacial score (nSPS) is 24.1. The van der Waals surface area contributed by atoms with E-state index < -0.39 is 0 Å². The number of nitrogens with one attached hydrogen (secondary N) is 2. The third kappa shape index (κ3) is 3.51. The van der Waals surface area contributed by atoms with E-state index in [2.05, 4.69) is 26.2 Å². The number of fused-ring (bicyclic) bond motifs is 3. The zero-order valence-electron chi connectivity index (χ0n) is 19.0. The van der Waals surface area contributed by atoms with E-state index in [9.17, 15) is 4.79 Å². The molecule has 2 N–H and O–H groups in total. The van der Waals surface area contributed by atoms with Crippen LogP contribution in [0.1, 0.15) is 6.04 Å². The summed E-state index contributed by atoms with van der Waals surface area (Å²) in [6.45, 7) is 0.886. The predicted molar refractivity (Wildman–Crippen MR) is 128 cm³/mol. The molecule has 3 aliphatic rings. The van der Waals surface area contributed by atoms with Gasteiger partial charge in [0.05, 0.1) is 24.9 Å². The molecule has 4 aromatic rings. The predicted octanol–water partition coefficient (Wildman–Crippen LogP) is 2.75. The van der Waals surface area contributed by atoms with Gasteiger partial charge in [-0.05, 0) is 40.1 Å². The van der Waals surface area contributed by atoms with Gasteiger partial charge in [0.15, 0.2) is 17.3 Å². The SMILES string of the molecule is O=C(Nc1cccc2ccccc12)N[C@@H]1CO[C@@H]2[C@@H]1OC[C@@H]2n1nnnc1-c1ccc2c(c1)OCO2. The summed E-state index contributed by atoms with van der Waals surface area (Å²) < 4.78 is 24.8. The third-order valence-corrected chi connectivity index (χ3v) is 6.82. The van der Waals surface area contributed by atoms with Gasteiger partial charge >= 0.3 is 6.03 Å². The summed E-state index contributed by atoms with van der Waals surface area (Å²) >= 11 is 0. The molecule has 0 bridgehead atoms. The van der Waals surface area contributed by atoms with Gasteiger partial charge in [-0.25, -0.2) is 9.48 Å². The second kappa shape index (κ2) is 8.47. The lowest BCUT2D eigenvalue weighted by Crippen LogP contribution is -2.45. The molecule has 0 unspecified atom stereocenters. The van der Waals surface area contributed by atoms with Gasteiger partial charge in [0, 0.05) is 10.9 Å². The molecular formula is C25H22N6O5. The first-order valence-electron chi connectivity index (χ1n) is 11.7. The lowest BCUT2D eigenvalue weighted by atomic mass is 10.1. The van der Waals surface area contributed by atoms with E-state index in [-0.39, 0.29) is 37.1 Å². The van der Waals surface area contributed by atoms with Gasteiger partial charge in [0.1, 0.15) is 18.2 Å². The van der Waals surface area contributed by atoms with Crippen molar-refractivity contribution in [3.63, 3.8) is 0 Å². The highest BCUT2D eigenvalue weighted by Gasteiger charge is 2.50. The number of amides is 2. The van der Waals surface area contributed by atoms with Gasteiger partial charge in [-0.1, -0.05) is 36.4 Å². The number of anilines is 1. The van der Waals surface area contributed by atoms with Crippen molar-refractivity contribution in [2.75, 3.05) is 25.3 Å². The van der Waals surface area contributed by atoms with Crippen LogP contribution < -0.4 is 20.1 Å². The first kappa shape index (κ1) is 21.1. The van der Waals surface area contributed by atoms with Crippen molar-refractivity contribution in [3.8, 4) is 22.9 Å². The molecule has 7 rings (SSSR count). The quantitative estimate of drug-likeness (QED) is 0.452. The molecule has 0 spiro atoms. The summed E-state index contributed by atoms with van der Waals surface area (Å²) in [4.78, 5) is 12.9. The molecule has 4 heterocycles. The van der Waals surface area contributed by atoms with Crippen molar-refractivity contribution in [3.05, 3.63) is 60.7 Å². The summed E-state index contributed by atoms with van der Waals surface area (Å²) in [5, 5.41) is 20.3. The minimum atomic E-state index is -0.318. The number of aromatic nitrogens is 4. The van der Waals surface area contributed by atoms with E-state index in [0.717, 1.165) is 22.0 Å². The molecule has 11 heteroatoms. The number of rotatable bonds is 4. The van der Waals surface area contributed by atoms with Crippen molar-refractivity contribution in [2.24, 2.45) is 0 Å². The van der Waals surface area contributed by atoms with Crippen LogP contribution in [0.2, 0.25) is 0 Å². The van der Waals surface area contributed by atoms with Gasteiger partial charge < -0.3 is 29.6 Å². The highest BCUT2D eigenvalue weighted by atomic mass is 16.7. The number of carbonyl (C=O) groups is 1. The molecule has 4 atom stereocenters. The first-order valence-corrected chi connectivity index (χ1v) is 11.7. The Hall–Kier alpha value is -4.22. The molecule has 2 saturated heterocycles. The summed E-state index contributed by atoms with van der Waals surface area (Å²) in [5.74, 6) is 1.93. The van der Waals surface area contributed by atoms with Crippen LogP contribution in [0.15, 0.2) is 60.7 Å². The minimum Gasteiger partial charge on any atom is -0.454 e. The topological polar surface area (TPSA) is 122 Å². The number of nitrogens with zero attached hydrogens (tertiary/aromatic N) is 4. The average Bonchev–Trinajstić information content (AvgIpc) is 3.69. The zero-order chi connectivity index (χ0) is 24.1. The van der Waals surface area contributed by atoms with Crippen LogP contribution in [0.25, 0.3) is 22.2 Å². The Labute approximate surface area is 205 Å². The van der Waals surface area contributed by atoms with E-state index >= 15 is 0 Å². The van der Waals surface area contributed by atoms with Crippen LogP contribution in [-0.4, -0.2) is 64.5 Å². The van der Waals surface area contributed by atoms with Crippen LogP contribution in [0.5, 0.6) is 11.5 Å². The molecule has 0 saturated carbocycles. The monoisotopic (exact) mass is 486 g/mol. The Morgan fingerprint density at radius 2 is 1.81 bits per heavy atom. The van der Waals surface area contributed by atoms with Gasteiger partial charge in [-0.15, -0.1) is 5.10 Å². The molecule has 2 amide bonds. The van der Waals surface area contributed by atoms with Crippen molar-refractivity contribution >= 4 is 22.5 Å².